The summed E-state index contributed by atoms with van der Waals surface area (Å²) in [5.41, 5.74) is 6.29. The van der Waals surface area contributed by atoms with E-state index in [1.807, 2.05) is 0 Å². The summed E-state index contributed by atoms with van der Waals surface area (Å²) in [4.78, 5) is 0. The molecule has 0 heterocycles. The molecule has 0 amide bonds. The van der Waals surface area contributed by atoms with Crippen LogP contribution < -0.4 is 11.1 Å². The molecule has 1 atom stereocenters. The number of halogens is 4. The van der Waals surface area contributed by atoms with E-state index < -0.39 is 23.5 Å². The van der Waals surface area contributed by atoms with Gasteiger partial charge in [-0.2, -0.15) is 0 Å². The average molecular weight is 345 g/mol. The zero-order valence-corrected chi connectivity index (χ0v) is 11.9. The minimum Gasteiger partial charge on any atom is -0.377 e. The van der Waals surface area contributed by atoms with Gasteiger partial charge in [0.1, 0.15) is 5.82 Å². The Hall–Kier alpha value is -1.53. The van der Waals surface area contributed by atoms with Crippen LogP contribution in [0.4, 0.5) is 18.9 Å². The second kappa shape index (κ2) is 6.28. The van der Waals surface area contributed by atoms with Crippen LogP contribution in [-0.2, 0) is 0 Å². The molecule has 0 aliphatic carbocycles. The van der Waals surface area contributed by atoms with Crippen molar-refractivity contribution in [2.45, 2.75) is 6.04 Å². The van der Waals surface area contributed by atoms with Gasteiger partial charge in [0.25, 0.3) is 0 Å². The Morgan fingerprint density at radius 3 is 2.50 bits per heavy atom. The Labute approximate surface area is 122 Å². The van der Waals surface area contributed by atoms with Crippen LogP contribution in [-0.4, -0.2) is 6.54 Å². The summed E-state index contributed by atoms with van der Waals surface area (Å²) in [6.45, 7) is 0.0649. The van der Waals surface area contributed by atoms with E-state index in [0.29, 0.717) is 5.69 Å². The predicted octanol–water partition coefficient (Wildman–Crippen LogP) is 3.98. The lowest BCUT2D eigenvalue weighted by atomic mass is 10.1. The first-order valence-corrected chi connectivity index (χ1v) is 6.67. The molecule has 2 aromatic carbocycles. The molecule has 106 valence electrons. The molecule has 0 spiro atoms. The van der Waals surface area contributed by atoms with Crippen LogP contribution in [0.1, 0.15) is 11.6 Å². The quantitative estimate of drug-likeness (QED) is 0.880. The minimum absolute atomic E-state index is 0.0649. The third-order valence-corrected chi connectivity index (χ3v) is 3.46. The van der Waals surface area contributed by atoms with Crippen LogP contribution in [0.3, 0.4) is 0 Å². The second-order valence-corrected chi connectivity index (χ2v) is 5.06. The van der Waals surface area contributed by atoms with E-state index in [1.165, 1.54) is 30.3 Å². The molecule has 2 rings (SSSR count). The maximum absolute atomic E-state index is 13.7. The fourth-order valence-corrected chi connectivity index (χ4v) is 2.22. The Kier molecular flexibility index (Phi) is 4.67. The summed E-state index contributed by atoms with van der Waals surface area (Å²) < 4.78 is 40.4. The highest BCUT2D eigenvalue weighted by atomic mass is 79.9. The van der Waals surface area contributed by atoms with Gasteiger partial charge in [-0.25, -0.2) is 13.2 Å². The Morgan fingerprint density at radius 2 is 1.85 bits per heavy atom. The van der Waals surface area contributed by atoms with Crippen LogP contribution in [0.5, 0.6) is 0 Å². The van der Waals surface area contributed by atoms with Crippen molar-refractivity contribution < 1.29 is 13.2 Å². The number of nitrogens with two attached hydrogens (primary N) is 1. The molecule has 0 radical (unpaired) electrons. The van der Waals surface area contributed by atoms with Gasteiger partial charge >= 0.3 is 0 Å². The third-order valence-electron chi connectivity index (χ3n) is 2.85. The number of anilines is 1. The van der Waals surface area contributed by atoms with Crippen molar-refractivity contribution in [2.24, 2.45) is 5.73 Å². The molecule has 1 unspecified atom stereocenters. The highest BCUT2D eigenvalue weighted by molar-refractivity contribution is 9.10. The normalized spacial score (nSPS) is 12.2. The van der Waals surface area contributed by atoms with Gasteiger partial charge in [-0.05, 0) is 40.2 Å². The zero-order valence-electron chi connectivity index (χ0n) is 10.3. The molecule has 2 nitrogen and oxygen atoms in total. The van der Waals surface area contributed by atoms with E-state index in [0.717, 1.165) is 6.07 Å². The number of hydrogen-bond donors (Lipinski definition) is 2. The Bertz CT molecular complexity index is 619. The van der Waals surface area contributed by atoms with Gasteiger partial charge < -0.3 is 11.1 Å². The maximum Gasteiger partial charge on any atom is 0.164 e. The molecule has 2 aromatic rings. The van der Waals surface area contributed by atoms with Crippen LogP contribution in [0, 0.1) is 17.5 Å². The van der Waals surface area contributed by atoms with E-state index in [9.17, 15) is 13.2 Å². The second-order valence-electron chi connectivity index (χ2n) is 4.20. The van der Waals surface area contributed by atoms with Crippen molar-refractivity contribution in [3.63, 3.8) is 0 Å². The first-order valence-electron chi connectivity index (χ1n) is 5.88. The molecule has 6 heteroatoms. The highest BCUT2D eigenvalue weighted by Crippen LogP contribution is 2.25. The average Bonchev–Trinajstić information content (AvgIpc) is 2.43. The van der Waals surface area contributed by atoms with E-state index in [-0.39, 0.29) is 16.6 Å². The maximum atomic E-state index is 13.7. The van der Waals surface area contributed by atoms with Gasteiger partial charge in [0.05, 0.1) is 10.5 Å². The van der Waals surface area contributed by atoms with Gasteiger partial charge in [0.15, 0.2) is 11.6 Å². The van der Waals surface area contributed by atoms with E-state index in [4.69, 9.17) is 5.73 Å². The summed E-state index contributed by atoms with van der Waals surface area (Å²) in [6, 6.07) is 7.58. The summed E-state index contributed by atoms with van der Waals surface area (Å²) >= 11 is 3.06. The molecule has 0 fully saturated rings. The predicted molar refractivity (Wildman–Crippen MR) is 75.9 cm³/mol. The molecule has 0 saturated carbocycles. The van der Waals surface area contributed by atoms with E-state index >= 15 is 0 Å². The van der Waals surface area contributed by atoms with Gasteiger partial charge in [-0.3, -0.25) is 0 Å². The molecular formula is C14H12BrF3N2. The molecule has 20 heavy (non-hydrogen) atoms. The van der Waals surface area contributed by atoms with Gasteiger partial charge in [0, 0.05) is 17.8 Å². The summed E-state index contributed by atoms with van der Waals surface area (Å²) in [5, 5.41) is 2.95. The lowest BCUT2D eigenvalue weighted by molar-refractivity contribution is 0.492. The topological polar surface area (TPSA) is 38.0 Å². The summed E-state index contributed by atoms with van der Waals surface area (Å²) in [7, 11) is 0. The van der Waals surface area contributed by atoms with Gasteiger partial charge in [-0.15, -0.1) is 0 Å². The Balaban J connectivity index is 2.28. The first-order chi connectivity index (χ1) is 9.52. The summed E-state index contributed by atoms with van der Waals surface area (Å²) in [6.07, 6.45) is 0. The fraction of sp³-hybridized carbons (Fsp3) is 0.143. The number of rotatable bonds is 4. The highest BCUT2D eigenvalue weighted by Gasteiger charge is 2.17. The van der Waals surface area contributed by atoms with Crippen molar-refractivity contribution >= 4 is 21.6 Å². The first kappa shape index (κ1) is 14.9. The van der Waals surface area contributed by atoms with Crippen LogP contribution in [0.2, 0.25) is 0 Å². The number of nitrogens with one attached hydrogen (secondary N) is 1. The standard InChI is InChI=1S/C14H12BrF3N2/c15-10-6-8(4-5-11(10)16)20-13(7-19)9-2-1-3-12(17)14(9)18/h1-6,13,20H,7,19H2. The SMILES string of the molecule is NCC(Nc1ccc(F)c(Br)c1)c1cccc(F)c1F. The molecule has 0 aromatic heterocycles. The van der Waals surface area contributed by atoms with Gasteiger partial charge in [0.2, 0.25) is 0 Å². The van der Waals surface area contributed by atoms with Crippen molar-refractivity contribution in [1.82, 2.24) is 0 Å². The van der Waals surface area contributed by atoms with Crippen LogP contribution in [0.15, 0.2) is 40.9 Å². The van der Waals surface area contributed by atoms with Crippen molar-refractivity contribution in [1.29, 1.82) is 0 Å². The fourth-order valence-electron chi connectivity index (χ4n) is 1.84. The molecule has 0 aliphatic heterocycles. The minimum atomic E-state index is -0.934. The largest absolute Gasteiger partial charge is 0.377 e. The van der Waals surface area contributed by atoms with Crippen molar-refractivity contribution in [2.75, 3.05) is 11.9 Å². The number of hydrogen-bond acceptors (Lipinski definition) is 2. The third kappa shape index (κ3) is 3.13. The molecule has 3 N–H and O–H groups in total. The molecular weight excluding hydrogens is 333 g/mol. The Morgan fingerprint density at radius 1 is 1.10 bits per heavy atom. The summed E-state index contributed by atoms with van der Waals surface area (Å²) in [5.74, 6) is -2.27. The molecule has 0 bridgehead atoms. The monoisotopic (exact) mass is 344 g/mol. The van der Waals surface area contributed by atoms with E-state index in [1.54, 1.807) is 0 Å². The molecule has 0 aliphatic rings. The van der Waals surface area contributed by atoms with Crippen molar-refractivity contribution in [3.05, 3.63) is 63.9 Å². The van der Waals surface area contributed by atoms with Crippen molar-refractivity contribution in [3.8, 4) is 0 Å². The van der Waals surface area contributed by atoms with Crippen LogP contribution >= 0.6 is 15.9 Å². The smallest absolute Gasteiger partial charge is 0.164 e. The van der Waals surface area contributed by atoms with Crippen LogP contribution in [0.25, 0.3) is 0 Å². The lowest BCUT2D eigenvalue weighted by Gasteiger charge is -2.19. The molecule has 0 saturated heterocycles. The number of benzene rings is 2. The van der Waals surface area contributed by atoms with E-state index in [2.05, 4.69) is 21.2 Å². The lowest BCUT2D eigenvalue weighted by Crippen LogP contribution is -2.22. The zero-order chi connectivity index (χ0) is 14.7. The van der Waals surface area contributed by atoms with Gasteiger partial charge in [-0.1, -0.05) is 12.1 Å².